The van der Waals surface area contributed by atoms with E-state index in [1.807, 2.05) is 13.0 Å². The molecule has 0 unspecified atom stereocenters. The molecule has 5 heteroatoms. The molecule has 0 saturated carbocycles. The van der Waals surface area contributed by atoms with Crippen molar-refractivity contribution >= 4 is 11.8 Å². The average molecular weight is 247 g/mol. The Morgan fingerprint density at radius 3 is 2.89 bits per heavy atom. The molecule has 2 heterocycles. The molecule has 1 saturated heterocycles. The number of carbonyl (C=O) groups excluding carboxylic acids is 2. The number of carbonyl (C=O) groups is 2. The molecule has 0 bridgehead atoms. The maximum Gasteiger partial charge on any atom is 0.273 e. The molecule has 0 aliphatic carbocycles. The minimum absolute atomic E-state index is 0.129. The predicted octanol–water partition coefficient (Wildman–Crippen LogP) is 0.741. The van der Waals surface area contributed by atoms with Crippen molar-refractivity contribution in [3.8, 4) is 0 Å². The van der Waals surface area contributed by atoms with Gasteiger partial charge in [-0.1, -0.05) is 6.07 Å². The highest BCUT2D eigenvalue weighted by Gasteiger charge is 2.41. The van der Waals surface area contributed by atoms with Gasteiger partial charge in [-0.25, -0.2) is 0 Å². The smallest absolute Gasteiger partial charge is 0.273 e. The lowest BCUT2D eigenvalue weighted by Crippen LogP contribution is -2.63. The first-order chi connectivity index (χ1) is 8.44. The summed E-state index contributed by atoms with van der Waals surface area (Å²) < 4.78 is 0. The van der Waals surface area contributed by atoms with Gasteiger partial charge in [0.15, 0.2) is 0 Å². The number of aromatic nitrogens is 1. The van der Waals surface area contributed by atoms with Crippen LogP contribution < -0.4 is 5.32 Å². The van der Waals surface area contributed by atoms with Crippen LogP contribution in [-0.2, 0) is 4.79 Å². The van der Waals surface area contributed by atoms with Crippen molar-refractivity contribution in [2.45, 2.75) is 26.3 Å². The van der Waals surface area contributed by atoms with Crippen molar-refractivity contribution in [1.82, 2.24) is 15.2 Å². The summed E-state index contributed by atoms with van der Waals surface area (Å²) in [5.41, 5.74) is 0.406. The summed E-state index contributed by atoms with van der Waals surface area (Å²) in [5, 5.41) is 2.77. The van der Waals surface area contributed by atoms with Gasteiger partial charge < -0.3 is 10.2 Å². The standard InChI is InChI=1S/C13H17N3O2/c1-9-5-4-6-14-10(9)11(17)16-8-7-15-12(18)13(16,2)3/h4-6H,7-8H2,1-3H3,(H,15,18). The third kappa shape index (κ3) is 1.96. The summed E-state index contributed by atoms with van der Waals surface area (Å²) in [6, 6.07) is 3.64. The van der Waals surface area contributed by atoms with Gasteiger partial charge in [-0.3, -0.25) is 14.6 Å². The Kier molecular flexibility index (Phi) is 3.07. The molecule has 96 valence electrons. The van der Waals surface area contributed by atoms with E-state index in [4.69, 9.17) is 0 Å². The Labute approximate surface area is 106 Å². The first-order valence-corrected chi connectivity index (χ1v) is 5.96. The minimum atomic E-state index is -0.834. The van der Waals surface area contributed by atoms with Crippen LogP contribution in [-0.4, -0.2) is 40.3 Å². The summed E-state index contributed by atoms with van der Waals surface area (Å²) in [7, 11) is 0. The maximum absolute atomic E-state index is 12.5. The van der Waals surface area contributed by atoms with Crippen LogP contribution in [0.2, 0.25) is 0 Å². The monoisotopic (exact) mass is 247 g/mol. The molecule has 1 fully saturated rings. The molecular weight excluding hydrogens is 230 g/mol. The van der Waals surface area contributed by atoms with Crippen LogP contribution in [0.25, 0.3) is 0 Å². The summed E-state index contributed by atoms with van der Waals surface area (Å²) in [6.45, 7) is 6.33. The molecule has 2 amide bonds. The van der Waals surface area contributed by atoms with E-state index in [1.165, 1.54) is 0 Å². The Morgan fingerprint density at radius 2 is 2.22 bits per heavy atom. The molecule has 0 aromatic carbocycles. The largest absolute Gasteiger partial charge is 0.352 e. The number of aryl methyl sites for hydroxylation is 1. The highest BCUT2D eigenvalue weighted by Crippen LogP contribution is 2.20. The third-order valence-corrected chi connectivity index (χ3v) is 3.31. The molecule has 0 radical (unpaired) electrons. The number of hydrogen-bond acceptors (Lipinski definition) is 3. The number of rotatable bonds is 1. The normalized spacial score (nSPS) is 18.4. The van der Waals surface area contributed by atoms with Crippen molar-refractivity contribution < 1.29 is 9.59 Å². The first-order valence-electron chi connectivity index (χ1n) is 5.96. The fourth-order valence-electron chi connectivity index (χ4n) is 2.09. The van der Waals surface area contributed by atoms with Crippen LogP contribution in [0.5, 0.6) is 0 Å². The average Bonchev–Trinajstić information content (AvgIpc) is 2.32. The Balaban J connectivity index is 2.34. The lowest BCUT2D eigenvalue weighted by Gasteiger charge is -2.41. The van der Waals surface area contributed by atoms with Gasteiger partial charge in [0.2, 0.25) is 5.91 Å². The zero-order valence-electron chi connectivity index (χ0n) is 10.9. The van der Waals surface area contributed by atoms with E-state index >= 15 is 0 Å². The van der Waals surface area contributed by atoms with E-state index in [1.54, 1.807) is 31.0 Å². The van der Waals surface area contributed by atoms with Gasteiger partial charge in [-0.05, 0) is 32.4 Å². The van der Waals surface area contributed by atoms with Crippen LogP contribution in [0, 0.1) is 6.92 Å². The van der Waals surface area contributed by atoms with Crippen LogP contribution in [0.4, 0.5) is 0 Å². The number of piperazine rings is 1. The van der Waals surface area contributed by atoms with Gasteiger partial charge in [-0.2, -0.15) is 0 Å². The van der Waals surface area contributed by atoms with E-state index in [-0.39, 0.29) is 11.8 Å². The topological polar surface area (TPSA) is 62.3 Å². The molecule has 0 atom stereocenters. The molecule has 5 nitrogen and oxygen atoms in total. The van der Waals surface area contributed by atoms with Crippen LogP contribution in [0.1, 0.15) is 29.9 Å². The summed E-state index contributed by atoms with van der Waals surface area (Å²) in [4.78, 5) is 30.0. The Hall–Kier alpha value is -1.91. The molecule has 1 aliphatic rings. The molecule has 18 heavy (non-hydrogen) atoms. The Morgan fingerprint density at radius 1 is 1.50 bits per heavy atom. The van der Waals surface area contributed by atoms with E-state index in [9.17, 15) is 9.59 Å². The molecule has 0 spiro atoms. The summed E-state index contributed by atoms with van der Waals surface area (Å²) in [5.74, 6) is -0.316. The van der Waals surface area contributed by atoms with E-state index in [2.05, 4.69) is 10.3 Å². The van der Waals surface area contributed by atoms with Crippen LogP contribution >= 0.6 is 0 Å². The summed E-state index contributed by atoms with van der Waals surface area (Å²) >= 11 is 0. The minimum Gasteiger partial charge on any atom is -0.352 e. The molecule has 1 aromatic heterocycles. The van der Waals surface area contributed by atoms with E-state index in [0.717, 1.165) is 5.56 Å². The molecule has 1 aliphatic heterocycles. The van der Waals surface area contributed by atoms with Gasteiger partial charge in [0.05, 0.1) is 0 Å². The molecular formula is C13H17N3O2. The van der Waals surface area contributed by atoms with E-state index < -0.39 is 5.54 Å². The number of nitrogens with one attached hydrogen (secondary N) is 1. The van der Waals surface area contributed by atoms with Gasteiger partial charge >= 0.3 is 0 Å². The van der Waals surface area contributed by atoms with Crippen molar-refractivity contribution in [1.29, 1.82) is 0 Å². The number of nitrogens with zero attached hydrogens (tertiary/aromatic N) is 2. The van der Waals surface area contributed by atoms with Crippen molar-refractivity contribution in [2.75, 3.05) is 13.1 Å². The van der Waals surface area contributed by atoms with Gasteiger partial charge in [0, 0.05) is 19.3 Å². The van der Waals surface area contributed by atoms with Crippen molar-refractivity contribution in [2.24, 2.45) is 0 Å². The summed E-state index contributed by atoms with van der Waals surface area (Å²) in [6.07, 6.45) is 1.59. The quantitative estimate of drug-likeness (QED) is 0.796. The second-order valence-corrected chi connectivity index (χ2v) is 4.94. The van der Waals surface area contributed by atoms with Crippen LogP contribution in [0.15, 0.2) is 18.3 Å². The SMILES string of the molecule is Cc1cccnc1C(=O)N1CCNC(=O)C1(C)C. The van der Waals surface area contributed by atoms with Gasteiger partial charge in [0.1, 0.15) is 11.2 Å². The highest BCUT2D eigenvalue weighted by atomic mass is 16.2. The fraction of sp³-hybridized carbons (Fsp3) is 0.462. The number of pyridine rings is 1. The second-order valence-electron chi connectivity index (χ2n) is 4.94. The molecule has 1 aromatic rings. The molecule has 2 rings (SSSR count). The fourth-order valence-corrected chi connectivity index (χ4v) is 2.09. The third-order valence-electron chi connectivity index (χ3n) is 3.31. The number of hydrogen-bond donors (Lipinski definition) is 1. The van der Waals surface area contributed by atoms with Gasteiger partial charge in [-0.15, -0.1) is 0 Å². The lowest BCUT2D eigenvalue weighted by molar-refractivity contribution is -0.133. The second kappa shape index (κ2) is 4.40. The highest BCUT2D eigenvalue weighted by molar-refractivity contribution is 5.99. The zero-order valence-corrected chi connectivity index (χ0v) is 10.9. The van der Waals surface area contributed by atoms with Crippen molar-refractivity contribution in [3.63, 3.8) is 0 Å². The molecule has 1 N–H and O–H groups in total. The Bertz CT molecular complexity index is 497. The zero-order chi connectivity index (χ0) is 13.3. The predicted molar refractivity (Wildman–Crippen MR) is 67.1 cm³/mol. The number of amides is 2. The van der Waals surface area contributed by atoms with Gasteiger partial charge in [0.25, 0.3) is 5.91 Å². The van der Waals surface area contributed by atoms with E-state index in [0.29, 0.717) is 18.8 Å². The maximum atomic E-state index is 12.5. The lowest BCUT2D eigenvalue weighted by atomic mass is 9.98. The van der Waals surface area contributed by atoms with Crippen LogP contribution in [0.3, 0.4) is 0 Å². The van der Waals surface area contributed by atoms with Crippen molar-refractivity contribution in [3.05, 3.63) is 29.6 Å². The first kappa shape index (κ1) is 12.5.